The molecule has 0 bridgehead atoms. The lowest BCUT2D eigenvalue weighted by molar-refractivity contribution is 0.228. The molecule has 1 aromatic heterocycles. The Labute approximate surface area is 110 Å². The van der Waals surface area contributed by atoms with E-state index >= 15 is 0 Å². The second-order valence-corrected chi connectivity index (χ2v) is 4.48. The lowest BCUT2D eigenvalue weighted by Crippen LogP contribution is -2.39. The van der Waals surface area contributed by atoms with Crippen LogP contribution in [0, 0.1) is 0 Å². The van der Waals surface area contributed by atoms with E-state index in [2.05, 4.69) is 21.8 Å². The van der Waals surface area contributed by atoms with Crippen LogP contribution in [0.3, 0.4) is 0 Å². The highest BCUT2D eigenvalue weighted by molar-refractivity contribution is 5.02. The number of pyridine rings is 1. The smallest absolute Gasteiger partial charge is 0.0543 e. The molecule has 0 radical (unpaired) electrons. The van der Waals surface area contributed by atoms with Gasteiger partial charge in [-0.05, 0) is 19.2 Å². The van der Waals surface area contributed by atoms with Crippen LogP contribution in [0.15, 0.2) is 24.4 Å². The van der Waals surface area contributed by atoms with Gasteiger partial charge >= 0.3 is 0 Å². The van der Waals surface area contributed by atoms with E-state index in [1.807, 2.05) is 24.4 Å². The van der Waals surface area contributed by atoms with Crippen molar-refractivity contribution in [2.75, 3.05) is 46.3 Å². The maximum atomic E-state index is 5.58. The summed E-state index contributed by atoms with van der Waals surface area (Å²) in [5.41, 5.74) is 12.3. The highest BCUT2D eigenvalue weighted by Crippen LogP contribution is 1.98. The lowest BCUT2D eigenvalue weighted by atomic mass is 10.3. The summed E-state index contributed by atoms with van der Waals surface area (Å²) in [4.78, 5) is 8.89. The van der Waals surface area contributed by atoms with Gasteiger partial charge in [-0.2, -0.15) is 0 Å². The molecule has 0 aliphatic rings. The third kappa shape index (κ3) is 6.07. The Morgan fingerprint density at radius 1 is 1.06 bits per heavy atom. The van der Waals surface area contributed by atoms with Gasteiger partial charge in [-0.1, -0.05) is 6.07 Å². The number of hydrogen-bond donors (Lipinski definition) is 2. The topological polar surface area (TPSA) is 71.4 Å². The third-order valence-electron chi connectivity index (χ3n) is 2.85. The molecule has 0 aliphatic carbocycles. The van der Waals surface area contributed by atoms with E-state index in [1.165, 1.54) is 0 Å². The first kappa shape index (κ1) is 15.0. The number of rotatable bonds is 9. The van der Waals surface area contributed by atoms with E-state index in [1.54, 1.807) is 0 Å². The van der Waals surface area contributed by atoms with Crippen molar-refractivity contribution in [2.45, 2.75) is 6.54 Å². The van der Waals surface area contributed by atoms with Crippen LogP contribution in [0.5, 0.6) is 0 Å². The standard InChI is InChI=1S/C13H25N5/c1-17(12-13-4-2-3-7-16-13)10-11-18(8-5-14)9-6-15/h2-4,7H,5-6,8-12,14-15H2,1H3. The quantitative estimate of drug-likeness (QED) is 0.632. The Hall–Kier alpha value is -1.01. The zero-order chi connectivity index (χ0) is 13.2. The first-order valence-electron chi connectivity index (χ1n) is 6.47. The predicted octanol–water partition coefficient (Wildman–Crippen LogP) is -0.267. The fraction of sp³-hybridized carbons (Fsp3) is 0.615. The SMILES string of the molecule is CN(CCN(CCN)CCN)Cc1ccccn1. The second kappa shape index (κ2) is 8.99. The second-order valence-electron chi connectivity index (χ2n) is 4.48. The van der Waals surface area contributed by atoms with Crippen LogP contribution >= 0.6 is 0 Å². The van der Waals surface area contributed by atoms with Gasteiger partial charge in [-0.15, -0.1) is 0 Å². The summed E-state index contributed by atoms with van der Waals surface area (Å²) < 4.78 is 0. The predicted molar refractivity (Wildman–Crippen MR) is 75.1 cm³/mol. The van der Waals surface area contributed by atoms with Crippen molar-refractivity contribution in [3.8, 4) is 0 Å². The first-order valence-corrected chi connectivity index (χ1v) is 6.47. The van der Waals surface area contributed by atoms with Gasteiger partial charge in [-0.3, -0.25) is 14.8 Å². The molecule has 1 heterocycles. The van der Waals surface area contributed by atoms with Crippen molar-refractivity contribution in [3.63, 3.8) is 0 Å². The number of nitrogens with zero attached hydrogens (tertiary/aromatic N) is 3. The molecule has 5 heteroatoms. The van der Waals surface area contributed by atoms with Gasteiger partial charge in [0.2, 0.25) is 0 Å². The fourth-order valence-corrected chi connectivity index (χ4v) is 1.86. The van der Waals surface area contributed by atoms with Gasteiger partial charge in [0.1, 0.15) is 0 Å². The molecule has 0 aromatic carbocycles. The zero-order valence-corrected chi connectivity index (χ0v) is 11.3. The fourth-order valence-electron chi connectivity index (χ4n) is 1.86. The van der Waals surface area contributed by atoms with Crippen molar-refractivity contribution in [2.24, 2.45) is 11.5 Å². The summed E-state index contributed by atoms with van der Waals surface area (Å²) in [5.74, 6) is 0. The molecule has 0 saturated heterocycles. The molecule has 0 saturated carbocycles. The van der Waals surface area contributed by atoms with Crippen LogP contribution in [0.1, 0.15) is 5.69 Å². The van der Waals surface area contributed by atoms with Gasteiger partial charge in [0.15, 0.2) is 0 Å². The first-order chi connectivity index (χ1) is 8.76. The van der Waals surface area contributed by atoms with Crippen molar-refractivity contribution >= 4 is 0 Å². The lowest BCUT2D eigenvalue weighted by Gasteiger charge is -2.24. The van der Waals surface area contributed by atoms with Gasteiger partial charge in [0, 0.05) is 52.0 Å². The molecule has 0 amide bonds. The summed E-state index contributed by atoms with van der Waals surface area (Å²) in [6.07, 6.45) is 1.83. The molecule has 18 heavy (non-hydrogen) atoms. The molecule has 0 spiro atoms. The Balaban J connectivity index is 2.28. The average molecular weight is 251 g/mol. The largest absolute Gasteiger partial charge is 0.329 e. The molecular weight excluding hydrogens is 226 g/mol. The summed E-state index contributed by atoms with van der Waals surface area (Å²) in [7, 11) is 2.11. The van der Waals surface area contributed by atoms with Gasteiger partial charge < -0.3 is 11.5 Å². The molecular formula is C13H25N5. The Morgan fingerprint density at radius 3 is 2.33 bits per heavy atom. The Morgan fingerprint density at radius 2 is 1.78 bits per heavy atom. The molecule has 1 rings (SSSR count). The molecule has 4 N–H and O–H groups in total. The highest BCUT2D eigenvalue weighted by Gasteiger charge is 2.05. The zero-order valence-electron chi connectivity index (χ0n) is 11.3. The summed E-state index contributed by atoms with van der Waals surface area (Å²) >= 11 is 0. The van der Waals surface area contributed by atoms with E-state index < -0.39 is 0 Å². The summed E-state index contributed by atoms with van der Waals surface area (Å²) in [6.45, 7) is 6.06. The summed E-state index contributed by atoms with van der Waals surface area (Å²) in [5, 5.41) is 0. The van der Waals surface area contributed by atoms with Gasteiger partial charge in [0.25, 0.3) is 0 Å². The van der Waals surface area contributed by atoms with Crippen LogP contribution in [0.2, 0.25) is 0 Å². The van der Waals surface area contributed by atoms with E-state index in [0.717, 1.165) is 38.4 Å². The molecule has 0 unspecified atom stereocenters. The third-order valence-corrected chi connectivity index (χ3v) is 2.85. The van der Waals surface area contributed by atoms with Crippen molar-refractivity contribution < 1.29 is 0 Å². The number of nitrogens with two attached hydrogens (primary N) is 2. The molecule has 5 nitrogen and oxygen atoms in total. The van der Waals surface area contributed by atoms with Crippen LogP contribution < -0.4 is 11.5 Å². The highest BCUT2D eigenvalue weighted by atomic mass is 15.2. The van der Waals surface area contributed by atoms with Crippen molar-refractivity contribution in [3.05, 3.63) is 30.1 Å². The van der Waals surface area contributed by atoms with Crippen molar-refractivity contribution in [1.29, 1.82) is 0 Å². The number of aromatic nitrogens is 1. The minimum absolute atomic E-state index is 0.684. The Kier molecular flexibility index (Phi) is 7.52. The monoisotopic (exact) mass is 251 g/mol. The van der Waals surface area contributed by atoms with E-state index in [9.17, 15) is 0 Å². The average Bonchev–Trinajstić information content (AvgIpc) is 2.38. The van der Waals surface area contributed by atoms with Crippen molar-refractivity contribution in [1.82, 2.24) is 14.8 Å². The number of hydrogen-bond acceptors (Lipinski definition) is 5. The maximum Gasteiger partial charge on any atom is 0.0543 e. The van der Waals surface area contributed by atoms with E-state index in [-0.39, 0.29) is 0 Å². The van der Waals surface area contributed by atoms with Crippen LogP contribution in [-0.4, -0.2) is 61.1 Å². The van der Waals surface area contributed by atoms with Crippen LogP contribution in [0.4, 0.5) is 0 Å². The molecule has 102 valence electrons. The Bertz CT molecular complexity index is 298. The molecule has 0 atom stereocenters. The summed E-state index contributed by atoms with van der Waals surface area (Å²) in [6, 6.07) is 6.01. The van der Waals surface area contributed by atoms with Gasteiger partial charge in [-0.25, -0.2) is 0 Å². The van der Waals surface area contributed by atoms with E-state index in [4.69, 9.17) is 11.5 Å². The minimum Gasteiger partial charge on any atom is -0.329 e. The van der Waals surface area contributed by atoms with E-state index in [0.29, 0.717) is 13.1 Å². The normalized spacial score (nSPS) is 11.4. The van der Waals surface area contributed by atoms with Crippen LogP contribution in [0.25, 0.3) is 0 Å². The minimum atomic E-state index is 0.684. The van der Waals surface area contributed by atoms with Gasteiger partial charge in [0.05, 0.1) is 5.69 Å². The molecule has 1 aromatic rings. The molecule has 0 aliphatic heterocycles. The number of likely N-dealkylation sites (N-methyl/N-ethyl adjacent to an activating group) is 1. The molecule has 0 fully saturated rings. The van der Waals surface area contributed by atoms with Crippen LogP contribution in [-0.2, 0) is 6.54 Å². The maximum absolute atomic E-state index is 5.58.